The largest absolute Gasteiger partial charge is 0.462 e. The molecule has 0 spiro atoms. The Hall–Kier alpha value is -2.19. The molecule has 2 amide bonds. The standard InChI is InChI=1S/C18H22N2O4S2/c1-4-8-19-16(22)15-11(3)14(18(23)24-5-2)17(26-15)20-13(21)10-12-7-6-9-25-12/h6-7,9H,4-5,8,10H2,1-3H3,(H,19,22)(H,20,21). The van der Waals surface area contributed by atoms with Crippen LogP contribution >= 0.6 is 22.7 Å². The minimum absolute atomic E-state index is 0.216. The molecule has 8 heteroatoms. The van der Waals surface area contributed by atoms with Gasteiger partial charge in [0.15, 0.2) is 0 Å². The molecule has 0 atom stereocenters. The molecule has 0 aliphatic heterocycles. The molecule has 0 aliphatic carbocycles. The van der Waals surface area contributed by atoms with Crippen molar-refractivity contribution in [3.63, 3.8) is 0 Å². The SMILES string of the molecule is CCCNC(=O)c1sc(NC(=O)Cc2cccs2)c(C(=O)OCC)c1C. The van der Waals surface area contributed by atoms with E-state index in [1.807, 2.05) is 24.4 Å². The van der Waals surface area contributed by atoms with Gasteiger partial charge in [-0.05, 0) is 37.3 Å². The van der Waals surface area contributed by atoms with Crippen molar-refractivity contribution in [3.8, 4) is 0 Å². The van der Waals surface area contributed by atoms with Gasteiger partial charge in [0.25, 0.3) is 5.91 Å². The van der Waals surface area contributed by atoms with Gasteiger partial charge in [0.05, 0.1) is 23.5 Å². The van der Waals surface area contributed by atoms with Gasteiger partial charge >= 0.3 is 5.97 Å². The molecular weight excluding hydrogens is 372 g/mol. The number of carbonyl (C=O) groups is 3. The van der Waals surface area contributed by atoms with Crippen LogP contribution in [0.3, 0.4) is 0 Å². The number of amides is 2. The monoisotopic (exact) mass is 394 g/mol. The lowest BCUT2D eigenvalue weighted by Crippen LogP contribution is -2.23. The van der Waals surface area contributed by atoms with Gasteiger partial charge in [-0.25, -0.2) is 4.79 Å². The first-order chi connectivity index (χ1) is 12.5. The van der Waals surface area contributed by atoms with Crippen LogP contribution in [0, 0.1) is 6.92 Å². The molecule has 2 N–H and O–H groups in total. The van der Waals surface area contributed by atoms with Crippen LogP contribution in [0.1, 0.15) is 50.7 Å². The van der Waals surface area contributed by atoms with Crippen LogP contribution in [0.4, 0.5) is 5.00 Å². The first-order valence-electron chi connectivity index (χ1n) is 8.38. The summed E-state index contributed by atoms with van der Waals surface area (Å²) >= 11 is 2.59. The van der Waals surface area contributed by atoms with Crippen molar-refractivity contribution >= 4 is 45.5 Å². The van der Waals surface area contributed by atoms with Crippen LogP contribution in [-0.4, -0.2) is 30.9 Å². The molecule has 0 bridgehead atoms. The van der Waals surface area contributed by atoms with Crippen molar-refractivity contribution in [1.82, 2.24) is 5.32 Å². The second-order valence-corrected chi connectivity index (χ2v) is 7.59. The zero-order valence-corrected chi connectivity index (χ0v) is 16.6. The summed E-state index contributed by atoms with van der Waals surface area (Å²) in [6.07, 6.45) is 1.03. The van der Waals surface area contributed by atoms with E-state index in [0.29, 0.717) is 22.0 Å². The number of anilines is 1. The van der Waals surface area contributed by atoms with Gasteiger partial charge in [0, 0.05) is 11.4 Å². The highest BCUT2D eigenvalue weighted by Crippen LogP contribution is 2.34. The van der Waals surface area contributed by atoms with Crippen LogP contribution in [0.5, 0.6) is 0 Å². The van der Waals surface area contributed by atoms with Crippen molar-refractivity contribution in [2.75, 3.05) is 18.5 Å². The third kappa shape index (κ3) is 4.92. The maximum absolute atomic E-state index is 12.3. The summed E-state index contributed by atoms with van der Waals surface area (Å²) in [6, 6.07) is 3.75. The highest BCUT2D eigenvalue weighted by Gasteiger charge is 2.26. The Kier molecular flexibility index (Phi) is 7.35. The number of rotatable bonds is 8. The number of ether oxygens (including phenoxy) is 1. The maximum Gasteiger partial charge on any atom is 0.341 e. The minimum Gasteiger partial charge on any atom is -0.462 e. The minimum atomic E-state index is -0.540. The summed E-state index contributed by atoms with van der Waals surface area (Å²) in [7, 11) is 0. The quantitative estimate of drug-likeness (QED) is 0.670. The Bertz CT molecular complexity index is 781. The fourth-order valence-corrected chi connectivity index (χ4v) is 4.16. The molecule has 2 aromatic heterocycles. The van der Waals surface area contributed by atoms with E-state index in [9.17, 15) is 14.4 Å². The average Bonchev–Trinajstić information content (AvgIpc) is 3.20. The Morgan fingerprint density at radius 3 is 2.62 bits per heavy atom. The van der Waals surface area contributed by atoms with Gasteiger partial charge in [0.1, 0.15) is 5.00 Å². The number of esters is 1. The van der Waals surface area contributed by atoms with Gasteiger partial charge in [-0.2, -0.15) is 0 Å². The summed E-state index contributed by atoms with van der Waals surface area (Å²) in [4.78, 5) is 38.3. The Labute approximate surface area is 160 Å². The van der Waals surface area contributed by atoms with Crippen molar-refractivity contribution in [2.45, 2.75) is 33.6 Å². The van der Waals surface area contributed by atoms with Crippen molar-refractivity contribution in [1.29, 1.82) is 0 Å². The molecule has 0 saturated heterocycles. The second-order valence-electron chi connectivity index (χ2n) is 5.54. The Morgan fingerprint density at radius 1 is 1.23 bits per heavy atom. The number of nitrogens with one attached hydrogen (secondary N) is 2. The molecule has 0 saturated carbocycles. The van der Waals surface area contributed by atoms with E-state index < -0.39 is 5.97 Å². The summed E-state index contributed by atoms with van der Waals surface area (Å²) in [5.74, 6) is -1.03. The lowest BCUT2D eigenvalue weighted by atomic mass is 10.1. The Balaban J connectivity index is 2.28. The lowest BCUT2D eigenvalue weighted by molar-refractivity contribution is -0.115. The molecule has 0 radical (unpaired) electrons. The van der Waals surface area contributed by atoms with Gasteiger partial charge in [-0.3, -0.25) is 9.59 Å². The average molecular weight is 395 g/mol. The third-order valence-electron chi connectivity index (χ3n) is 3.54. The fourth-order valence-electron chi connectivity index (χ4n) is 2.33. The summed E-state index contributed by atoms with van der Waals surface area (Å²) in [5.41, 5.74) is 0.770. The smallest absolute Gasteiger partial charge is 0.341 e. The lowest BCUT2D eigenvalue weighted by Gasteiger charge is -2.06. The van der Waals surface area contributed by atoms with Gasteiger partial charge < -0.3 is 15.4 Å². The van der Waals surface area contributed by atoms with Crippen molar-refractivity contribution in [2.24, 2.45) is 0 Å². The summed E-state index contributed by atoms with van der Waals surface area (Å²) in [6.45, 7) is 6.13. The zero-order chi connectivity index (χ0) is 19.1. The number of hydrogen-bond donors (Lipinski definition) is 2. The molecule has 0 aromatic carbocycles. The molecule has 2 rings (SSSR count). The molecule has 0 aliphatic rings. The van der Waals surface area contributed by atoms with Crippen molar-refractivity contribution < 1.29 is 19.1 Å². The summed E-state index contributed by atoms with van der Waals surface area (Å²) in [5, 5.41) is 7.82. The van der Waals surface area contributed by atoms with E-state index in [2.05, 4.69) is 10.6 Å². The molecule has 0 fully saturated rings. The molecule has 2 aromatic rings. The molecule has 6 nitrogen and oxygen atoms in total. The maximum atomic E-state index is 12.3. The van der Waals surface area contributed by atoms with Crippen LogP contribution < -0.4 is 10.6 Å². The first kappa shape index (κ1) is 20.1. The van der Waals surface area contributed by atoms with E-state index in [1.165, 1.54) is 11.3 Å². The molecule has 26 heavy (non-hydrogen) atoms. The van der Waals surface area contributed by atoms with E-state index >= 15 is 0 Å². The van der Waals surface area contributed by atoms with Crippen LogP contribution in [0.2, 0.25) is 0 Å². The molecule has 140 valence electrons. The van der Waals surface area contributed by atoms with E-state index in [0.717, 1.165) is 22.6 Å². The highest BCUT2D eigenvalue weighted by atomic mass is 32.1. The topological polar surface area (TPSA) is 84.5 Å². The zero-order valence-electron chi connectivity index (χ0n) is 15.0. The summed E-state index contributed by atoms with van der Waals surface area (Å²) < 4.78 is 5.10. The first-order valence-corrected chi connectivity index (χ1v) is 10.1. The van der Waals surface area contributed by atoms with Crippen LogP contribution in [-0.2, 0) is 16.0 Å². The van der Waals surface area contributed by atoms with E-state index in [-0.39, 0.29) is 30.4 Å². The van der Waals surface area contributed by atoms with Crippen LogP contribution in [0.25, 0.3) is 0 Å². The number of hydrogen-bond acceptors (Lipinski definition) is 6. The van der Waals surface area contributed by atoms with Gasteiger partial charge in [-0.1, -0.05) is 13.0 Å². The van der Waals surface area contributed by atoms with Crippen molar-refractivity contribution in [3.05, 3.63) is 38.4 Å². The van der Waals surface area contributed by atoms with E-state index in [1.54, 1.807) is 13.8 Å². The predicted molar refractivity (Wildman–Crippen MR) is 104 cm³/mol. The fraction of sp³-hybridized carbons (Fsp3) is 0.389. The van der Waals surface area contributed by atoms with Gasteiger partial charge in [-0.15, -0.1) is 22.7 Å². The predicted octanol–water partition coefficient (Wildman–Crippen LogP) is 3.62. The number of thiophene rings is 2. The third-order valence-corrected chi connectivity index (χ3v) is 5.62. The molecule has 0 unspecified atom stereocenters. The van der Waals surface area contributed by atoms with Crippen LogP contribution in [0.15, 0.2) is 17.5 Å². The normalized spacial score (nSPS) is 10.4. The molecular formula is C18H22N2O4S2. The van der Waals surface area contributed by atoms with E-state index in [4.69, 9.17) is 4.74 Å². The highest BCUT2D eigenvalue weighted by molar-refractivity contribution is 7.18. The second kappa shape index (κ2) is 9.49. The van der Waals surface area contributed by atoms with Gasteiger partial charge in [0.2, 0.25) is 5.91 Å². The molecule has 2 heterocycles. The Morgan fingerprint density at radius 2 is 2.00 bits per heavy atom. The number of carbonyl (C=O) groups excluding carboxylic acids is 3.